The lowest BCUT2D eigenvalue weighted by atomic mass is 10.0. The van der Waals surface area contributed by atoms with E-state index in [1.54, 1.807) is 0 Å². The number of allylic oxidation sites excluding steroid dienone is 1. The van der Waals surface area contributed by atoms with E-state index in [1.165, 1.54) is 28.7 Å². The average Bonchev–Trinajstić information content (AvgIpc) is 1.98. The minimum absolute atomic E-state index is 0.743. The van der Waals surface area contributed by atoms with E-state index >= 15 is 0 Å². The summed E-state index contributed by atoms with van der Waals surface area (Å²) in [6.07, 6.45) is 3.49. The monoisotopic (exact) mass is 202 g/mol. The van der Waals surface area contributed by atoms with E-state index in [9.17, 15) is 0 Å². The van der Waals surface area contributed by atoms with Gasteiger partial charge in [-0.15, -0.1) is 0 Å². The zero-order valence-electron chi connectivity index (χ0n) is 10.6. The van der Waals surface area contributed by atoms with Crippen molar-refractivity contribution in [2.75, 3.05) is 0 Å². The third-order valence-electron chi connectivity index (χ3n) is 2.39. The predicted molar refractivity (Wildman–Crippen MR) is 69.0 cm³/mol. The van der Waals surface area contributed by atoms with Gasteiger partial charge in [-0.25, -0.2) is 0 Å². The summed E-state index contributed by atoms with van der Waals surface area (Å²) in [7, 11) is 0. The standard InChI is InChI=1S/C15H22/c1-11(2)6-12(3)8-15-9-13(4)7-14(5)10-15/h7-11H,6H2,1-5H3. The second-order valence-electron chi connectivity index (χ2n) is 5.01. The zero-order chi connectivity index (χ0) is 11.4. The van der Waals surface area contributed by atoms with Crippen molar-refractivity contribution in [2.45, 2.75) is 41.0 Å². The molecule has 0 atom stereocenters. The molecule has 0 radical (unpaired) electrons. The Bertz CT molecular complexity index is 336. The van der Waals surface area contributed by atoms with E-state index in [-0.39, 0.29) is 0 Å². The first-order chi connectivity index (χ1) is 6.97. The highest BCUT2D eigenvalue weighted by Gasteiger charge is 1.97. The topological polar surface area (TPSA) is 0 Å². The number of benzene rings is 1. The molecular formula is C15H22. The Morgan fingerprint density at radius 2 is 1.67 bits per heavy atom. The maximum absolute atomic E-state index is 2.31. The molecule has 0 bridgehead atoms. The molecule has 1 aromatic carbocycles. The molecule has 0 spiro atoms. The van der Waals surface area contributed by atoms with E-state index in [4.69, 9.17) is 0 Å². The van der Waals surface area contributed by atoms with Gasteiger partial charge in [0.25, 0.3) is 0 Å². The van der Waals surface area contributed by atoms with Crippen molar-refractivity contribution < 1.29 is 0 Å². The lowest BCUT2D eigenvalue weighted by molar-refractivity contribution is 0.644. The summed E-state index contributed by atoms with van der Waals surface area (Å²) in [6, 6.07) is 6.71. The lowest BCUT2D eigenvalue weighted by Crippen LogP contribution is -1.88. The molecule has 0 saturated carbocycles. The Labute approximate surface area is 94.0 Å². The molecule has 0 saturated heterocycles. The van der Waals surface area contributed by atoms with Crippen molar-refractivity contribution in [2.24, 2.45) is 5.92 Å². The van der Waals surface area contributed by atoms with Crippen LogP contribution in [0.4, 0.5) is 0 Å². The minimum atomic E-state index is 0.743. The van der Waals surface area contributed by atoms with Crippen LogP contribution in [-0.2, 0) is 0 Å². The van der Waals surface area contributed by atoms with Crippen molar-refractivity contribution in [1.29, 1.82) is 0 Å². The Balaban J connectivity index is 2.87. The molecule has 0 N–H and O–H groups in total. The summed E-state index contributed by atoms with van der Waals surface area (Å²) in [6.45, 7) is 11.1. The van der Waals surface area contributed by atoms with Crippen LogP contribution >= 0.6 is 0 Å². The third-order valence-corrected chi connectivity index (χ3v) is 2.39. The first kappa shape index (κ1) is 12.0. The first-order valence-electron chi connectivity index (χ1n) is 5.73. The van der Waals surface area contributed by atoms with Crippen LogP contribution < -0.4 is 0 Å². The fraction of sp³-hybridized carbons (Fsp3) is 0.467. The highest BCUT2D eigenvalue weighted by Crippen LogP contribution is 2.16. The largest absolute Gasteiger partial charge is 0.0725 e. The van der Waals surface area contributed by atoms with Crippen LogP contribution in [-0.4, -0.2) is 0 Å². The molecule has 0 heterocycles. The average molecular weight is 202 g/mol. The van der Waals surface area contributed by atoms with Crippen molar-refractivity contribution in [3.63, 3.8) is 0 Å². The van der Waals surface area contributed by atoms with Gasteiger partial charge in [-0.05, 0) is 38.7 Å². The van der Waals surface area contributed by atoms with E-state index < -0.39 is 0 Å². The van der Waals surface area contributed by atoms with E-state index in [1.807, 2.05) is 0 Å². The van der Waals surface area contributed by atoms with Gasteiger partial charge in [0.2, 0.25) is 0 Å². The van der Waals surface area contributed by atoms with Crippen LogP contribution in [0.3, 0.4) is 0 Å². The van der Waals surface area contributed by atoms with Gasteiger partial charge in [0.1, 0.15) is 0 Å². The van der Waals surface area contributed by atoms with Crippen molar-refractivity contribution in [1.82, 2.24) is 0 Å². The third kappa shape index (κ3) is 4.33. The summed E-state index contributed by atoms with van der Waals surface area (Å²) in [5, 5.41) is 0. The van der Waals surface area contributed by atoms with Crippen molar-refractivity contribution >= 4 is 6.08 Å². The van der Waals surface area contributed by atoms with Crippen LogP contribution in [0.25, 0.3) is 6.08 Å². The van der Waals surface area contributed by atoms with Crippen molar-refractivity contribution in [3.05, 3.63) is 40.5 Å². The van der Waals surface area contributed by atoms with Gasteiger partial charge in [0.05, 0.1) is 0 Å². The maximum Gasteiger partial charge on any atom is -0.0252 e. The molecule has 1 aromatic rings. The number of hydrogen-bond acceptors (Lipinski definition) is 0. The maximum atomic E-state index is 2.31. The normalized spacial score (nSPS) is 12.3. The Morgan fingerprint density at radius 3 is 2.13 bits per heavy atom. The Hall–Kier alpha value is -1.04. The van der Waals surface area contributed by atoms with Gasteiger partial charge in [0, 0.05) is 0 Å². The Morgan fingerprint density at radius 1 is 1.13 bits per heavy atom. The predicted octanol–water partition coefficient (Wildman–Crippen LogP) is 4.75. The van der Waals surface area contributed by atoms with Gasteiger partial charge in [-0.1, -0.05) is 54.8 Å². The van der Waals surface area contributed by atoms with Gasteiger partial charge in [-0.3, -0.25) is 0 Å². The molecule has 0 nitrogen and oxygen atoms in total. The molecule has 82 valence electrons. The number of hydrogen-bond donors (Lipinski definition) is 0. The molecule has 1 rings (SSSR count). The molecule has 0 amide bonds. The quantitative estimate of drug-likeness (QED) is 0.663. The van der Waals surface area contributed by atoms with Crippen LogP contribution in [0.15, 0.2) is 23.8 Å². The first-order valence-corrected chi connectivity index (χ1v) is 5.73. The molecule has 0 aliphatic rings. The fourth-order valence-corrected chi connectivity index (χ4v) is 2.08. The fourth-order valence-electron chi connectivity index (χ4n) is 2.08. The number of aryl methyl sites for hydroxylation is 2. The highest BCUT2D eigenvalue weighted by atomic mass is 14.0. The van der Waals surface area contributed by atoms with Crippen LogP contribution in [0.1, 0.15) is 43.9 Å². The van der Waals surface area contributed by atoms with Crippen LogP contribution in [0.2, 0.25) is 0 Å². The summed E-state index contributed by atoms with van der Waals surface area (Å²) in [5.41, 5.74) is 5.50. The summed E-state index contributed by atoms with van der Waals surface area (Å²) in [5.74, 6) is 0.743. The van der Waals surface area contributed by atoms with E-state index in [2.05, 4.69) is 58.9 Å². The summed E-state index contributed by atoms with van der Waals surface area (Å²) in [4.78, 5) is 0. The highest BCUT2D eigenvalue weighted by molar-refractivity contribution is 5.54. The molecular weight excluding hydrogens is 180 g/mol. The summed E-state index contributed by atoms with van der Waals surface area (Å²) >= 11 is 0. The van der Waals surface area contributed by atoms with Gasteiger partial charge in [-0.2, -0.15) is 0 Å². The molecule has 0 fully saturated rings. The van der Waals surface area contributed by atoms with E-state index in [0.717, 1.165) is 5.92 Å². The lowest BCUT2D eigenvalue weighted by Gasteiger charge is -2.06. The molecule has 15 heavy (non-hydrogen) atoms. The van der Waals surface area contributed by atoms with Crippen LogP contribution in [0.5, 0.6) is 0 Å². The second-order valence-corrected chi connectivity index (χ2v) is 5.01. The number of rotatable bonds is 3. The van der Waals surface area contributed by atoms with Crippen LogP contribution in [0, 0.1) is 19.8 Å². The molecule has 0 aliphatic heterocycles. The van der Waals surface area contributed by atoms with Crippen molar-refractivity contribution in [3.8, 4) is 0 Å². The zero-order valence-corrected chi connectivity index (χ0v) is 10.6. The van der Waals surface area contributed by atoms with Gasteiger partial charge < -0.3 is 0 Å². The van der Waals surface area contributed by atoms with E-state index in [0.29, 0.717) is 0 Å². The molecule has 0 unspecified atom stereocenters. The molecule has 0 heteroatoms. The van der Waals surface area contributed by atoms with Gasteiger partial charge >= 0.3 is 0 Å². The minimum Gasteiger partial charge on any atom is -0.0725 e. The Kier molecular flexibility index (Phi) is 4.14. The smallest absolute Gasteiger partial charge is 0.0252 e. The van der Waals surface area contributed by atoms with Gasteiger partial charge in [0.15, 0.2) is 0 Å². The SMILES string of the molecule is CC(=Cc1cc(C)cc(C)c1)CC(C)C. The molecule has 0 aromatic heterocycles. The summed E-state index contributed by atoms with van der Waals surface area (Å²) < 4.78 is 0. The molecule has 0 aliphatic carbocycles. The second kappa shape index (κ2) is 5.16.